The van der Waals surface area contributed by atoms with E-state index in [0.717, 1.165) is 16.0 Å². The number of halogens is 3. The predicted octanol–water partition coefficient (Wildman–Crippen LogP) is 3.27. The van der Waals surface area contributed by atoms with Crippen LogP contribution in [-0.4, -0.2) is 46.8 Å². The number of likely N-dealkylation sites (tertiary alicyclic amines) is 1. The molecule has 1 aromatic heterocycles. The highest BCUT2D eigenvalue weighted by Crippen LogP contribution is 2.31. The number of carbonyl (C=O) groups is 2. The van der Waals surface area contributed by atoms with E-state index >= 15 is 0 Å². The van der Waals surface area contributed by atoms with Crippen LogP contribution in [0.3, 0.4) is 0 Å². The summed E-state index contributed by atoms with van der Waals surface area (Å²) in [4.78, 5) is 29.7. The van der Waals surface area contributed by atoms with Gasteiger partial charge in [0.05, 0.1) is 19.2 Å². The van der Waals surface area contributed by atoms with Crippen LogP contribution < -0.4 is 5.32 Å². The van der Waals surface area contributed by atoms with Gasteiger partial charge in [-0.25, -0.2) is 13.2 Å². The molecule has 0 spiro atoms. The Morgan fingerprint density at radius 1 is 1.32 bits per heavy atom. The third kappa shape index (κ3) is 5.28. The van der Waals surface area contributed by atoms with E-state index in [-0.39, 0.29) is 11.4 Å². The highest BCUT2D eigenvalue weighted by atomic mass is 19.3. The van der Waals surface area contributed by atoms with Crippen LogP contribution in [0.25, 0.3) is 11.6 Å². The lowest BCUT2D eigenvalue weighted by Crippen LogP contribution is -2.43. The van der Waals surface area contributed by atoms with E-state index in [1.54, 1.807) is 31.2 Å². The fraction of sp³-hybridized carbons (Fsp3) is 0.273. The monoisotopic (exact) mass is 428 g/mol. The van der Waals surface area contributed by atoms with E-state index in [9.17, 15) is 22.8 Å². The maximum atomic E-state index is 13.5. The molecule has 3 rings (SSSR count). The van der Waals surface area contributed by atoms with Gasteiger partial charge in [-0.1, -0.05) is 12.1 Å². The first kappa shape index (κ1) is 22.0. The molecule has 0 aliphatic carbocycles. The number of hydrogen-bond donors (Lipinski definition) is 1. The molecular formula is C22H19F3N4O2. The summed E-state index contributed by atoms with van der Waals surface area (Å²) in [6.45, 7) is 0.427. The number of pyridine rings is 1. The standard InChI is InChI=1S/C22H19F3N4O2/c1-14(15-2-4-17(23)5-3-15)8-16-11-27-7-6-19(16)21(31)28-12-20(30)29-13-22(24,25)9-18(29)10-26/h2-8,11,18H,9,12-13H2,1H3,(H,28,31)/b14-8+/t18-/m0/s1. The van der Waals surface area contributed by atoms with Gasteiger partial charge in [0.15, 0.2) is 0 Å². The van der Waals surface area contributed by atoms with E-state index < -0.39 is 43.3 Å². The molecule has 1 aliphatic heterocycles. The van der Waals surface area contributed by atoms with E-state index in [4.69, 9.17) is 5.26 Å². The lowest BCUT2D eigenvalue weighted by atomic mass is 10.0. The first-order chi connectivity index (χ1) is 14.7. The molecule has 1 saturated heterocycles. The Hall–Kier alpha value is -3.67. The zero-order valence-corrected chi connectivity index (χ0v) is 16.6. The molecule has 9 heteroatoms. The summed E-state index contributed by atoms with van der Waals surface area (Å²) in [5, 5.41) is 11.4. The number of amides is 2. The highest BCUT2D eigenvalue weighted by molar-refractivity contribution is 6.00. The maximum Gasteiger partial charge on any atom is 0.268 e. The van der Waals surface area contributed by atoms with Gasteiger partial charge in [0.1, 0.15) is 11.9 Å². The van der Waals surface area contributed by atoms with E-state index in [1.165, 1.54) is 30.6 Å². The SMILES string of the molecule is C/C(=C\c1cnccc1C(=O)NCC(=O)N1CC(F)(F)C[C@H]1C#N)c1ccc(F)cc1. The minimum Gasteiger partial charge on any atom is -0.343 e. The third-order valence-electron chi connectivity index (χ3n) is 4.91. The average Bonchev–Trinajstić information content (AvgIpc) is 3.07. The number of alkyl halides is 2. The van der Waals surface area contributed by atoms with E-state index in [2.05, 4.69) is 10.3 Å². The summed E-state index contributed by atoms with van der Waals surface area (Å²) in [6, 6.07) is 7.79. The number of nitrogens with one attached hydrogen (secondary N) is 1. The van der Waals surface area contributed by atoms with E-state index in [1.807, 2.05) is 0 Å². The molecular weight excluding hydrogens is 409 g/mol. The van der Waals surface area contributed by atoms with Crippen LogP contribution in [0.5, 0.6) is 0 Å². The first-order valence-electron chi connectivity index (χ1n) is 9.43. The molecule has 1 atom stereocenters. The van der Waals surface area contributed by atoms with Crippen molar-refractivity contribution in [2.75, 3.05) is 13.1 Å². The number of allylic oxidation sites excluding steroid dienone is 1. The van der Waals surface area contributed by atoms with Gasteiger partial charge in [0.25, 0.3) is 11.8 Å². The summed E-state index contributed by atoms with van der Waals surface area (Å²) in [7, 11) is 0. The van der Waals surface area contributed by atoms with Crippen LogP contribution >= 0.6 is 0 Å². The summed E-state index contributed by atoms with van der Waals surface area (Å²) < 4.78 is 40.2. The van der Waals surface area contributed by atoms with Crippen molar-refractivity contribution in [3.8, 4) is 6.07 Å². The zero-order valence-electron chi connectivity index (χ0n) is 16.6. The average molecular weight is 428 g/mol. The molecule has 1 fully saturated rings. The molecule has 0 radical (unpaired) electrons. The van der Waals surface area contributed by atoms with Gasteiger partial charge in [-0.3, -0.25) is 14.6 Å². The largest absolute Gasteiger partial charge is 0.343 e. The second-order valence-corrected chi connectivity index (χ2v) is 7.21. The van der Waals surface area contributed by atoms with Crippen molar-refractivity contribution >= 4 is 23.5 Å². The number of rotatable bonds is 5. The van der Waals surface area contributed by atoms with Gasteiger partial charge in [0, 0.05) is 29.9 Å². The number of hydrogen-bond acceptors (Lipinski definition) is 4. The van der Waals surface area contributed by atoms with Gasteiger partial charge in [0.2, 0.25) is 5.91 Å². The summed E-state index contributed by atoms with van der Waals surface area (Å²) in [5.74, 6) is -4.84. The summed E-state index contributed by atoms with van der Waals surface area (Å²) in [5.41, 5.74) is 2.21. The molecule has 1 aromatic carbocycles. The van der Waals surface area contributed by atoms with Crippen molar-refractivity contribution < 1.29 is 22.8 Å². The predicted molar refractivity (Wildman–Crippen MR) is 107 cm³/mol. The van der Waals surface area contributed by atoms with Crippen LogP contribution in [0, 0.1) is 17.1 Å². The Bertz CT molecular complexity index is 1060. The molecule has 6 nitrogen and oxygen atoms in total. The molecule has 0 saturated carbocycles. The van der Waals surface area contributed by atoms with Crippen LogP contribution in [0.1, 0.15) is 34.8 Å². The Kier molecular flexibility index (Phi) is 6.39. The van der Waals surface area contributed by atoms with Gasteiger partial charge in [-0.05, 0) is 42.3 Å². The van der Waals surface area contributed by atoms with Crippen molar-refractivity contribution in [3.63, 3.8) is 0 Å². The molecule has 0 bridgehead atoms. The number of benzene rings is 1. The van der Waals surface area contributed by atoms with Crippen LogP contribution in [0.4, 0.5) is 13.2 Å². The molecule has 2 amide bonds. The molecule has 1 aliphatic rings. The Balaban J connectivity index is 1.72. The minimum atomic E-state index is -3.12. The lowest BCUT2D eigenvalue weighted by molar-refractivity contribution is -0.131. The molecule has 31 heavy (non-hydrogen) atoms. The van der Waals surface area contributed by atoms with Crippen molar-refractivity contribution in [1.82, 2.24) is 15.2 Å². The molecule has 2 aromatic rings. The fourth-order valence-corrected chi connectivity index (χ4v) is 3.30. The smallest absolute Gasteiger partial charge is 0.268 e. The van der Waals surface area contributed by atoms with Crippen LogP contribution in [0.15, 0.2) is 42.7 Å². The fourth-order valence-electron chi connectivity index (χ4n) is 3.30. The molecule has 0 unspecified atom stereocenters. The third-order valence-corrected chi connectivity index (χ3v) is 4.91. The second-order valence-electron chi connectivity index (χ2n) is 7.21. The molecule has 160 valence electrons. The molecule has 2 heterocycles. The van der Waals surface area contributed by atoms with Gasteiger partial charge >= 0.3 is 0 Å². The zero-order chi connectivity index (χ0) is 22.6. The van der Waals surface area contributed by atoms with Gasteiger partial charge in [-0.15, -0.1) is 0 Å². The minimum absolute atomic E-state index is 0.229. The van der Waals surface area contributed by atoms with Gasteiger partial charge < -0.3 is 10.2 Å². The lowest BCUT2D eigenvalue weighted by Gasteiger charge is -2.19. The van der Waals surface area contributed by atoms with Crippen molar-refractivity contribution in [2.45, 2.75) is 25.3 Å². The number of aromatic nitrogens is 1. The summed E-state index contributed by atoms with van der Waals surface area (Å²) >= 11 is 0. The van der Waals surface area contributed by atoms with Crippen molar-refractivity contribution in [2.24, 2.45) is 0 Å². The maximum absolute atomic E-state index is 13.5. The first-order valence-corrected chi connectivity index (χ1v) is 9.43. The number of nitrogens with zero attached hydrogens (tertiary/aromatic N) is 3. The second kappa shape index (κ2) is 9.00. The molecule has 1 N–H and O–H groups in total. The van der Waals surface area contributed by atoms with Crippen molar-refractivity contribution in [3.05, 3.63) is 65.2 Å². The van der Waals surface area contributed by atoms with Crippen LogP contribution in [0.2, 0.25) is 0 Å². The number of carbonyl (C=O) groups excluding carboxylic acids is 2. The summed E-state index contributed by atoms with van der Waals surface area (Å²) in [6.07, 6.45) is 3.86. The normalized spacial score (nSPS) is 17.8. The van der Waals surface area contributed by atoms with Crippen LogP contribution in [-0.2, 0) is 4.79 Å². The van der Waals surface area contributed by atoms with E-state index in [0.29, 0.717) is 5.56 Å². The Morgan fingerprint density at radius 2 is 2.03 bits per heavy atom. The van der Waals surface area contributed by atoms with Crippen molar-refractivity contribution in [1.29, 1.82) is 5.26 Å². The Labute approximate surface area is 177 Å². The Morgan fingerprint density at radius 3 is 2.71 bits per heavy atom. The topological polar surface area (TPSA) is 86.1 Å². The highest BCUT2D eigenvalue weighted by Gasteiger charge is 2.47. The quantitative estimate of drug-likeness (QED) is 0.792. The number of nitriles is 1. The van der Waals surface area contributed by atoms with Gasteiger partial charge in [-0.2, -0.15) is 5.26 Å².